The largest absolute Gasteiger partial charge is 0.493 e. The normalized spacial score (nSPS) is 19.1. The first-order valence-corrected chi connectivity index (χ1v) is 8.27. The molecule has 1 aromatic heterocycles. The lowest BCUT2D eigenvalue weighted by molar-refractivity contribution is 0.0835. The van der Waals surface area contributed by atoms with Gasteiger partial charge in [-0.3, -0.25) is 4.79 Å². The molecule has 4 rings (SSSR count). The fourth-order valence-corrected chi connectivity index (χ4v) is 2.99. The van der Waals surface area contributed by atoms with Gasteiger partial charge in [0.15, 0.2) is 5.82 Å². The minimum atomic E-state index is -0.104. The van der Waals surface area contributed by atoms with E-state index in [0.717, 1.165) is 37.2 Å². The number of nitrogens with one attached hydrogen (secondary N) is 1. The lowest BCUT2D eigenvalue weighted by Gasteiger charge is -2.05. The lowest BCUT2D eigenvalue weighted by Crippen LogP contribution is -2.26. The highest BCUT2D eigenvalue weighted by atomic mass is 16.5. The maximum Gasteiger partial charge on any atom is 0.255 e. The first-order chi connectivity index (χ1) is 11.8. The topological polar surface area (TPSA) is 86.5 Å². The number of fused-ring (bicyclic) bond motifs is 1. The summed E-state index contributed by atoms with van der Waals surface area (Å²) in [5.41, 5.74) is 1.73. The quantitative estimate of drug-likeness (QED) is 0.900. The van der Waals surface area contributed by atoms with Gasteiger partial charge in [-0.25, -0.2) is 0 Å². The van der Waals surface area contributed by atoms with Crippen LogP contribution in [0.3, 0.4) is 0 Å². The maximum atomic E-state index is 12.2. The molecule has 2 aromatic rings. The molecule has 1 amide bonds. The zero-order valence-corrected chi connectivity index (χ0v) is 13.3. The van der Waals surface area contributed by atoms with Crippen molar-refractivity contribution in [2.75, 3.05) is 19.8 Å². The highest BCUT2D eigenvalue weighted by molar-refractivity contribution is 5.94. The number of ether oxygens (including phenoxy) is 2. The van der Waals surface area contributed by atoms with E-state index >= 15 is 0 Å². The predicted molar refractivity (Wildman–Crippen MR) is 83.9 cm³/mol. The number of amides is 1. The van der Waals surface area contributed by atoms with Crippen LogP contribution in [-0.2, 0) is 17.6 Å². The number of nitrogens with zero attached hydrogens (tertiary/aromatic N) is 2. The molecule has 3 heterocycles. The molecular weight excluding hydrogens is 310 g/mol. The molecule has 1 atom stereocenters. The summed E-state index contributed by atoms with van der Waals surface area (Å²) >= 11 is 0. The second kappa shape index (κ2) is 6.60. The summed E-state index contributed by atoms with van der Waals surface area (Å²) in [6, 6.07) is 5.52. The van der Waals surface area contributed by atoms with Crippen LogP contribution in [-0.4, -0.2) is 35.8 Å². The van der Waals surface area contributed by atoms with Crippen LogP contribution < -0.4 is 10.1 Å². The van der Waals surface area contributed by atoms with Crippen molar-refractivity contribution in [3.05, 3.63) is 41.0 Å². The molecule has 1 unspecified atom stereocenters. The van der Waals surface area contributed by atoms with Crippen LogP contribution in [0.5, 0.6) is 5.75 Å². The molecule has 0 bridgehead atoms. The smallest absolute Gasteiger partial charge is 0.255 e. The number of benzene rings is 1. The molecule has 0 radical (unpaired) electrons. The van der Waals surface area contributed by atoms with Gasteiger partial charge < -0.3 is 19.3 Å². The summed E-state index contributed by atoms with van der Waals surface area (Å²) in [5.74, 6) is 1.89. The van der Waals surface area contributed by atoms with Crippen molar-refractivity contribution in [3.8, 4) is 5.75 Å². The summed E-state index contributed by atoms with van der Waals surface area (Å²) in [6.45, 7) is 1.88. The van der Waals surface area contributed by atoms with Gasteiger partial charge in [0.25, 0.3) is 11.8 Å². The van der Waals surface area contributed by atoms with Crippen molar-refractivity contribution in [1.29, 1.82) is 0 Å². The third kappa shape index (κ3) is 3.12. The van der Waals surface area contributed by atoms with Gasteiger partial charge in [0.05, 0.1) is 6.61 Å². The Hall–Kier alpha value is -2.41. The van der Waals surface area contributed by atoms with Crippen LogP contribution in [0.1, 0.15) is 46.6 Å². The molecule has 2 aliphatic heterocycles. The zero-order chi connectivity index (χ0) is 16.4. The molecule has 0 aliphatic carbocycles. The van der Waals surface area contributed by atoms with E-state index in [1.54, 1.807) is 6.07 Å². The van der Waals surface area contributed by atoms with Crippen LogP contribution in [0.25, 0.3) is 0 Å². The Bertz CT molecular complexity index is 737. The number of aromatic nitrogens is 2. The molecule has 0 saturated carbocycles. The lowest BCUT2D eigenvalue weighted by atomic mass is 10.1. The van der Waals surface area contributed by atoms with E-state index in [2.05, 4.69) is 15.5 Å². The molecule has 7 heteroatoms. The van der Waals surface area contributed by atoms with Crippen LogP contribution >= 0.6 is 0 Å². The second-order valence-electron chi connectivity index (χ2n) is 5.98. The van der Waals surface area contributed by atoms with Gasteiger partial charge >= 0.3 is 0 Å². The highest BCUT2D eigenvalue weighted by Crippen LogP contribution is 2.27. The van der Waals surface area contributed by atoms with Crippen molar-refractivity contribution in [2.24, 2.45) is 0 Å². The first kappa shape index (κ1) is 15.1. The van der Waals surface area contributed by atoms with Gasteiger partial charge in [-0.1, -0.05) is 5.16 Å². The molecule has 24 heavy (non-hydrogen) atoms. The van der Waals surface area contributed by atoms with E-state index in [-0.39, 0.29) is 12.0 Å². The molecule has 1 fully saturated rings. The Morgan fingerprint density at radius 3 is 3.17 bits per heavy atom. The van der Waals surface area contributed by atoms with Crippen LogP contribution in [0.2, 0.25) is 0 Å². The fourth-order valence-electron chi connectivity index (χ4n) is 2.99. The Labute approximate surface area is 139 Å². The highest BCUT2D eigenvalue weighted by Gasteiger charge is 2.23. The summed E-state index contributed by atoms with van der Waals surface area (Å²) in [6.07, 6.45) is 3.24. The average Bonchev–Trinajstić information content (AvgIpc) is 3.34. The number of hydrogen-bond donors (Lipinski definition) is 1. The molecule has 126 valence electrons. The second-order valence-corrected chi connectivity index (χ2v) is 5.98. The van der Waals surface area contributed by atoms with Crippen molar-refractivity contribution in [3.63, 3.8) is 0 Å². The molecule has 1 saturated heterocycles. The van der Waals surface area contributed by atoms with Gasteiger partial charge in [-0.2, -0.15) is 4.98 Å². The average molecular weight is 329 g/mol. The Balaban J connectivity index is 1.30. The van der Waals surface area contributed by atoms with E-state index < -0.39 is 0 Å². The van der Waals surface area contributed by atoms with Gasteiger partial charge in [0.1, 0.15) is 11.9 Å². The summed E-state index contributed by atoms with van der Waals surface area (Å²) < 4.78 is 16.2. The minimum Gasteiger partial charge on any atom is -0.493 e. The molecule has 7 nitrogen and oxygen atoms in total. The number of rotatable bonds is 5. The Morgan fingerprint density at radius 1 is 1.33 bits per heavy atom. The third-order valence-corrected chi connectivity index (χ3v) is 4.27. The first-order valence-electron chi connectivity index (χ1n) is 8.27. The van der Waals surface area contributed by atoms with Crippen LogP contribution in [0, 0.1) is 0 Å². The third-order valence-electron chi connectivity index (χ3n) is 4.27. The molecule has 1 N–H and O–H groups in total. The van der Waals surface area contributed by atoms with Crippen molar-refractivity contribution in [2.45, 2.75) is 31.8 Å². The van der Waals surface area contributed by atoms with Crippen molar-refractivity contribution < 1.29 is 18.8 Å². The minimum absolute atomic E-state index is 0.0746. The maximum absolute atomic E-state index is 12.2. The van der Waals surface area contributed by atoms with Crippen LogP contribution in [0.15, 0.2) is 22.7 Å². The fraction of sp³-hybridized carbons (Fsp3) is 0.471. The van der Waals surface area contributed by atoms with Gasteiger partial charge in [-0.05, 0) is 36.6 Å². The van der Waals surface area contributed by atoms with Crippen molar-refractivity contribution in [1.82, 2.24) is 15.5 Å². The summed E-state index contributed by atoms with van der Waals surface area (Å²) in [7, 11) is 0. The molecular formula is C17H19N3O4. The standard InChI is InChI=1S/C17H19N3O4/c21-16(12-3-4-13-11(10-12)6-9-23-13)18-7-5-15-19-17(24-20-15)14-2-1-8-22-14/h3-4,10,14H,1-2,5-9H2,(H,18,21). The van der Waals surface area contributed by atoms with Crippen molar-refractivity contribution >= 4 is 5.91 Å². The summed E-state index contributed by atoms with van der Waals surface area (Å²) in [5, 5.41) is 6.83. The number of carbonyl (C=O) groups is 1. The van der Waals surface area contributed by atoms with Gasteiger partial charge in [-0.15, -0.1) is 0 Å². The summed E-state index contributed by atoms with van der Waals surface area (Å²) in [4.78, 5) is 16.6. The van der Waals surface area contributed by atoms with E-state index in [0.29, 0.717) is 36.9 Å². The van der Waals surface area contributed by atoms with E-state index in [1.165, 1.54) is 0 Å². The Kier molecular flexibility index (Phi) is 4.17. The van der Waals surface area contributed by atoms with E-state index in [1.807, 2.05) is 12.1 Å². The Morgan fingerprint density at radius 2 is 2.29 bits per heavy atom. The molecule has 1 aromatic carbocycles. The SMILES string of the molecule is O=C(NCCc1noc(C2CCCO2)n1)c1ccc2c(c1)CCO2. The van der Waals surface area contributed by atoms with Gasteiger partial charge in [0.2, 0.25) is 0 Å². The van der Waals surface area contributed by atoms with Gasteiger partial charge in [0, 0.05) is 31.6 Å². The number of hydrogen-bond acceptors (Lipinski definition) is 6. The zero-order valence-electron chi connectivity index (χ0n) is 13.3. The molecule has 0 spiro atoms. The molecule has 2 aliphatic rings. The predicted octanol–water partition coefficient (Wildman–Crippen LogP) is 1.83. The number of carbonyl (C=O) groups excluding carboxylic acids is 1. The van der Waals surface area contributed by atoms with Crippen LogP contribution in [0.4, 0.5) is 0 Å². The monoisotopic (exact) mass is 329 g/mol. The van der Waals surface area contributed by atoms with E-state index in [4.69, 9.17) is 14.0 Å². The van der Waals surface area contributed by atoms with E-state index in [9.17, 15) is 4.79 Å².